The first kappa shape index (κ1) is 20.8. The van der Waals surface area contributed by atoms with Crippen molar-refractivity contribution in [1.82, 2.24) is 0 Å². The van der Waals surface area contributed by atoms with Crippen molar-refractivity contribution in [3.63, 3.8) is 0 Å². The lowest BCUT2D eigenvalue weighted by molar-refractivity contribution is -0.184. The van der Waals surface area contributed by atoms with Gasteiger partial charge in [0.2, 0.25) is 0 Å². The Bertz CT molecular complexity index is 459. The normalized spacial score (nSPS) is 26.1. The van der Waals surface area contributed by atoms with Crippen LogP contribution in [-0.2, 0) is 47.6 Å². The van der Waals surface area contributed by atoms with Crippen LogP contribution < -0.4 is 0 Å². The molecule has 1 fully saturated rings. The molecule has 0 amide bonds. The molecule has 4 atom stereocenters. The van der Waals surface area contributed by atoms with E-state index in [0.29, 0.717) is 0 Å². The van der Waals surface area contributed by atoms with Gasteiger partial charge in [-0.15, -0.1) is 0 Å². The van der Waals surface area contributed by atoms with Crippen LogP contribution in [0.3, 0.4) is 0 Å². The Morgan fingerprint density at radius 3 is 1.36 bits per heavy atom. The van der Waals surface area contributed by atoms with Crippen LogP contribution in [0.2, 0.25) is 0 Å². The lowest BCUT2D eigenvalue weighted by atomic mass is 10.0. The second kappa shape index (κ2) is 9.94. The molecule has 0 aromatic rings. The van der Waals surface area contributed by atoms with Gasteiger partial charge >= 0.3 is 23.9 Å². The molecule has 1 aliphatic heterocycles. The maximum absolute atomic E-state index is 11.5. The zero-order valence-electron chi connectivity index (χ0n) is 14.5. The molecule has 25 heavy (non-hydrogen) atoms. The Labute approximate surface area is 144 Å². The SMILES string of the molecule is CC(=O)OC[C@@H]1OCO[C@@H](COC(C)=O)[C@H](OC(C)=O)C1OC(C)=O. The van der Waals surface area contributed by atoms with E-state index >= 15 is 0 Å². The van der Waals surface area contributed by atoms with E-state index in [1.807, 2.05) is 0 Å². The summed E-state index contributed by atoms with van der Waals surface area (Å²) in [6, 6.07) is 0. The van der Waals surface area contributed by atoms with Crippen molar-refractivity contribution in [2.24, 2.45) is 0 Å². The number of hydrogen-bond donors (Lipinski definition) is 0. The van der Waals surface area contributed by atoms with E-state index in [1.54, 1.807) is 0 Å². The second-order valence-corrected chi connectivity index (χ2v) is 5.28. The third-order valence-electron chi connectivity index (χ3n) is 3.13. The number of carbonyl (C=O) groups is 4. The summed E-state index contributed by atoms with van der Waals surface area (Å²) in [5, 5.41) is 0. The summed E-state index contributed by atoms with van der Waals surface area (Å²) in [4.78, 5) is 45.0. The largest absolute Gasteiger partial charge is 0.463 e. The Morgan fingerprint density at radius 1 is 0.720 bits per heavy atom. The summed E-state index contributed by atoms with van der Waals surface area (Å²) in [6.07, 6.45) is -4.11. The highest BCUT2D eigenvalue weighted by Gasteiger charge is 2.44. The molecule has 0 saturated carbocycles. The maximum Gasteiger partial charge on any atom is 0.303 e. The average Bonchev–Trinajstić information content (AvgIpc) is 2.63. The molecular formula is C15H22O10. The number of esters is 4. The number of carbonyl (C=O) groups excluding carboxylic acids is 4. The van der Waals surface area contributed by atoms with Crippen molar-refractivity contribution in [2.45, 2.75) is 52.1 Å². The van der Waals surface area contributed by atoms with Crippen LogP contribution in [0, 0.1) is 0 Å². The highest BCUT2D eigenvalue weighted by molar-refractivity contribution is 5.68. The van der Waals surface area contributed by atoms with Gasteiger partial charge in [-0.3, -0.25) is 19.2 Å². The number of hydrogen-bond acceptors (Lipinski definition) is 10. The van der Waals surface area contributed by atoms with Crippen LogP contribution in [0.4, 0.5) is 0 Å². The Morgan fingerprint density at radius 2 is 1.08 bits per heavy atom. The standard InChI is InChI=1S/C15H22O10/c1-8(16)20-5-12-14(24-10(3)18)15(25-11(4)19)13(23-7-22-12)6-21-9(2)17/h12-15H,5-7H2,1-4H3/t12-,13-,14-,15?/m0/s1. The molecule has 1 rings (SSSR count). The van der Waals surface area contributed by atoms with E-state index in [4.69, 9.17) is 28.4 Å². The molecule has 10 nitrogen and oxygen atoms in total. The van der Waals surface area contributed by atoms with E-state index in [1.165, 1.54) is 27.7 Å². The molecule has 0 aliphatic carbocycles. The topological polar surface area (TPSA) is 124 Å². The van der Waals surface area contributed by atoms with Crippen molar-refractivity contribution in [3.8, 4) is 0 Å². The van der Waals surface area contributed by atoms with Gasteiger partial charge in [-0.1, -0.05) is 0 Å². The zero-order chi connectivity index (χ0) is 19.0. The van der Waals surface area contributed by atoms with Crippen molar-refractivity contribution >= 4 is 23.9 Å². The Balaban J connectivity index is 3.05. The van der Waals surface area contributed by atoms with Crippen LogP contribution in [0.15, 0.2) is 0 Å². The van der Waals surface area contributed by atoms with Crippen LogP contribution in [-0.4, -0.2) is 68.3 Å². The Hall–Kier alpha value is -2.20. The van der Waals surface area contributed by atoms with Gasteiger partial charge in [0, 0.05) is 27.7 Å². The van der Waals surface area contributed by atoms with Crippen molar-refractivity contribution < 1.29 is 47.6 Å². The molecular weight excluding hydrogens is 340 g/mol. The molecule has 0 aromatic carbocycles. The van der Waals surface area contributed by atoms with Gasteiger partial charge in [0.25, 0.3) is 0 Å². The highest BCUT2D eigenvalue weighted by atomic mass is 16.7. The van der Waals surface area contributed by atoms with Gasteiger partial charge in [-0.25, -0.2) is 0 Å². The van der Waals surface area contributed by atoms with Gasteiger partial charge in [0.15, 0.2) is 12.2 Å². The average molecular weight is 362 g/mol. The first-order valence-corrected chi connectivity index (χ1v) is 7.55. The van der Waals surface area contributed by atoms with E-state index in [0.717, 1.165) is 0 Å². The summed E-state index contributed by atoms with van der Waals surface area (Å²) in [7, 11) is 0. The molecule has 1 unspecified atom stereocenters. The zero-order valence-corrected chi connectivity index (χ0v) is 14.5. The molecule has 0 N–H and O–H groups in total. The van der Waals surface area contributed by atoms with Gasteiger partial charge in [-0.05, 0) is 0 Å². The van der Waals surface area contributed by atoms with Crippen LogP contribution >= 0.6 is 0 Å². The molecule has 0 bridgehead atoms. The number of rotatable bonds is 6. The van der Waals surface area contributed by atoms with Crippen molar-refractivity contribution in [2.75, 3.05) is 20.0 Å². The summed E-state index contributed by atoms with van der Waals surface area (Å²) in [5.41, 5.74) is 0. The lowest BCUT2D eigenvalue weighted by Gasteiger charge is -2.31. The third-order valence-corrected chi connectivity index (χ3v) is 3.13. The highest BCUT2D eigenvalue weighted by Crippen LogP contribution is 2.23. The van der Waals surface area contributed by atoms with Crippen LogP contribution in [0.25, 0.3) is 0 Å². The fraction of sp³-hybridized carbons (Fsp3) is 0.733. The fourth-order valence-electron chi connectivity index (χ4n) is 2.18. The molecule has 1 heterocycles. The summed E-state index contributed by atoms with van der Waals surface area (Å²) >= 11 is 0. The van der Waals surface area contributed by atoms with Gasteiger partial charge in [0.1, 0.15) is 32.2 Å². The van der Waals surface area contributed by atoms with Gasteiger partial charge in [-0.2, -0.15) is 0 Å². The van der Waals surface area contributed by atoms with Gasteiger partial charge < -0.3 is 28.4 Å². The molecule has 1 saturated heterocycles. The van der Waals surface area contributed by atoms with Gasteiger partial charge in [0.05, 0.1) is 0 Å². The van der Waals surface area contributed by atoms with Crippen LogP contribution in [0.5, 0.6) is 0 Å². The predicted molar refractivity (Wildman–Crippen MR) is 79.0 cm³/mol. The quantitative estimate of drug-likeness (QED) is 0.460. The molecule has 142 valence electrons. The van der Waals surface area contributed by atoms with E-state index in [-0.39, 0.29) is 20.0 Å². The minimum absolute atomic E-state index is 0.241. The molecule has 1 aliphatic rings. The summed E-state index contributed by atoms with van der Waals surface area (Å²) in [6.45, 7) is 4.00. The van der Waals surface area contributed by atoms with E-state index in [2.05, 4.69) is 0 Å². The monoisotopic (exact) mass is 362 g/mol. The summed E-state index contributed by atoms with van der Waals surface area (Å²) < 4.78 is 31.0. The number of ether oxygens (including phenoxy) is 6. The summed E-state index contributed by atoms with van der Waals surface area (Å²) in [5.74, 6) is -2.44. The molecule has 0 spiro atoms. The second-order valence-electron chi connectivity index (χ2n) is 5.28. The molecule has 0 radical (unpaired) electrons. The third kappa shape index (κ3) is 7.48. The van der Waals surface area contributed by atoms with Crippen molar-refractivity contribution in [3.05, 3.63) is 0 Å². The van der Waals surface area contributed by atoms with E-state index < -0.39 is 48.3 Å². The lowest BCUT2D eigenvalue weighted by Crippen LogP contribution is -2.51. The van der Waals surface area contributed by atoms with E-state index in [9.17, 15) is 19.2 Å². The predicted octanol–water partition coefficient (Wildman–Crippen LogP) is -0.282. The first-order valence-electron chi connectivity index (χ1n) is 7.55. The fourth-order valence-corrected chi connectivity index (χ4v) is 2.18. The minimum Gasteiger partial charge on any atom is -0.463 e. The van der Waals surface area contributed by atoms with Crippen molar-refractivity contribution in [1.29, 1.82) is 0 Å². The maximum atomic E-state index is 11.5. The Kier molecular flexibility index (Phi) is 8.29. The smallest absolute Gasteiger partial charge is 0.303 e. The minimum atomic E-state index is -1.12. The molecule has 0 aromatic heterocycles. The van der Waals surface area contributed by atoms with Crippen LogP contribution in [0.1, 0.15) is 27.7 Å². The molecule has 10 heteroatoms. The first-order chi connectivity index (χ1) is 11.7.